The molecule has 13 heavy (non-hydrogen) atoms. The summed E-state index contributed by atoms with van der Waals surface area (Å²) >= 11 is 5.67. The number of hydrogen-bond acceptors (Lipinski definition) is 2. The predicted molar refractivity (Wildman–Crippen MR) is 56.9 cm³/mol. The Morgan fingerprint density at radius 3 is 2.46 bits per heavy atom. The summed E-state index contributed by atoms with van der Waals surface area (Å²) in [7, 11) is 0. The minimum atomic E-state index is -0.338. The van der Waals surface area contributed by atoms with Crippen LogP contribution >= 0.6 is 36.4 Å². The smallest absolute Gasteiger partial charge is 0.129 e. The van der Waals surface area contributed by atoms with Crippen molar-refractivity contribution < 1.29 is 4.39 Å². The van der Waals surface area contributed by atoms with Gasteiger partial charge >= 0.3 is 0 Å². The van der Waals surface area contributed by atoms with E-state index in [0.29, 0.717) is 10.6 Å². The van der Waals surface area contributed by atoms with Crippen molar-refractivity contribution in [3.05, 3.63) is 34.6 Å². The molecule has 0 unspecified atom stereocenters. The molecule has 0 aromatic heterocycles. The highest BCUT2D eigenvalue weighted by Crippen LogP contribution is 2.17. The van der Waals surface area contributed by atoms with Crippen molar-refractivity contribution in [1.82, 2.24) is 5.43 Å². The minimum Gasteiger partial charge on any atom is -0.271 e. The number of hydrazine groups is 1. The number of rotatable bonds is 2. The predicted octanol–water partition coefficient (Wildman–Crippen LogP) is 2.29. The van der Waals surface area contributed by atoms with Crippen LogP contribution in [0.15, 0.2) is 18.2 Å². The van der Waals surface area contributed by atoms with Crippen LogP contribution in [-0.2, 0) is 6.54 Å². The third-order valence-corrected chi connectivity index (χ3v) is 1.69. The summed E-state index contributed by atoms with van der Waals surface area (Å²) in [6.07, 6.45) is 0. The van der Waals surface area contributed by atoms with E-state index in [2.05, 4.69) is 5.43 Å². The Morgan fingerprint density at radius 2 is 2.00 bits per heavy atom. The van der Waals surface area contributed by atoms with Crippen LogP contribution < -0.4 is 11.3 Å². The highest BCUT2D eigenvalue weighted by atomic mass is 35.5. The Bertz CT molecular complexity index is 237. The molecule has 76 valence electrons. The molecule has 0 heterocycles. The SMILES string of the molecule is Cl.Cl.NNCc1c(F)cccc1Cl. The summed E-state index contributed by atoms with van der Waals surface area (Å²) < 4.78 is 12.9. The summed E-state index contributed by atoms with van der Waals surface area (Å²) in [5.74, 6) is 4.69. The number of nitrogens with one attached hydrogen (secondary N) is 1. The van der Waals surface area contributed by atoms with Crippen molar-refractivity contribution in [1.29, 1.82) is 0 Å². The second kappa shape index (κ2) is 7.35. The van der Waals surface area contributed by atoms with E-state index in [-0.39, 0.29) is 37.2 Å². The first-order valence-corrected chi connectivity index (χ1v) is 3.50. The van der Waals surface area contributed by atoms with Gasteiger partial charge in [-0.3, -0.25) is 11.3 Å². The van der Waals surface area contributed by atoms with E-state index >= 15 is 0 Å². The van der Waals surface area contributed by atoms with Gasteiger partial charge in [0, 0.05) is 17.1 Å². The van der Waals surface area contributed by atoms with E-state index in [1.807, 2.05) is 0 Å². The molecule has 0 saturated heterocycles. The minimum absolute atomic E-state index is 0. The van der Waals surface area contributed by atoms with Gasteiger partial charge in [-0.25, -0.2) is 4.39 Å². The molecule has 0 atom stereocenters. The van der Waals surface area contributed by atoms with Crippen LogP contribution in [0, 0.1) is 5.82 Å². The topological polar surface area (TPSA) is 38.0 Å². The maximum absolute atomic E-state index is 12.9. The van der Waals surface area contributed by atoms with Gasteiger partial charge in [0.2, 0.25) is 0 Å². The molecule has 1 aromatic rings. The molecule has 0 fully saturated rings. The fraction of sp³-hybridized carbons (Fsp3) is 0.143. The standard InChI is InChI=1S/C7H8ClFN2.2ClH/c8-6-2-1-3-7(9)5(6)4-11-10;;/h1-3,11H,4,10H2;2*1H. The van der Waals surface area contributed by atoms with Crippen molar-refractivity contribution in [3.63, 3.8) is 0 Å². The van der Waals surface area contributed by atoms with Gasteiger partial charge in [-0.2, -0.15) is 0 Å². The molecule has 2 nitrogen and oxygen atoms in total. The Kier molecular flexibility index (Phi) is 8.72. The first-order chi connectivity index (χ1) is 5.25. The van der Waals surface area contributed by atoms with Crippen molar-refractivity contribution in [3.8, 4) is 0 Å². The average Bonchev–Trinajstić information content (AvgIpc) is 1.97. The fourth-order valence-electron chi connectivity index (χ4n) is 0.803. The summed E-state index contributed by atoms with van der Waals surface area (Å²) in [5, 5.41) is 0.392. The number of halogens is 4. The van der Waals surface area contributed by atoms with Crippen molar-refractivity contribution in [2.24, 2.45) is 5.84 Å². The molecule has 1 aromatic carbocycles. The molecule has 6 heteroatoms. The maximum atomic E-state index is 12.9. The molecule has 0 bridgehead atoms. The lowest BCUT2D eigenvalue weighted by atomic mass is 10.2. The quantitative estimate of drug-likeness (QED) is 0.622. The molecule has 0 aliphatic rings. The normalized spacial score (nSPS) is 8.54. The van der Waals surface area contributed by atoms with Crippen molar-refractivity contribution >= 4 is 36.4 Å². The molecule has 0 radical (unpaired) electrons. The number of benzene rings is 1. The van der Waals surface area contributed by atoms with Gasteiger partial charge < -0.3 is 0 Å². The highest BCUT2D eigenvalue weighted by molar-refractivity contribution is 6.31. The molecular weight excluding hydrogens is 237 g/mol. The lowest BCUT2D eigenvalue weighted by molar-refractivity contribution is 0.594. The number of hydrogen-bond donors (Lipinski definition) is 2. The van der Waals surface area contributed by atoms with Gasteiger partial charge in [-0.15, -0.1) is 24.8 Å². The molecule has 0 amide bonds. The zero-order valence-corrected chi connectivity index (χ0v) is 8.98. The Labute approximate surface area is 93.4 Å². The van der Waals surface area contributed by atoms with Crippen molar-refractivity contribution in [2.45, 2.75) is 6.54 Å². The zero-order chi connectivity index (χ0) is 8.27. The second-order valence-corrected chi connectivity index (χ2v) is 2.49. The van der Waals surface area contributed by atoms with Gasteiger partial charge in [0.1, 0.15) is 5.82 Å². The van der Waals surface area contributed by atoms with E-state index in [4.69, 9.17) is 17.4 Å². The van der Waals surface area contributed by atoms with Crippen LogP contribution in [0.1, 0.15) is 5.56 Å². The molecule has 0 saturated carbocycles. The van der Waals surface area contributed by atoms with Crippen LogP contribution in [0.25, 0.3) is 0 Å². The van der Waals surface area contributed by atoms with Crippen LogP contribution in [0.3, 0.4) is 0 Å². The summed E-state index contributed by atoms with van der Waals surface area (Å²) in [5.41, 5.74) is 2.74. The third-order valence-electron chi connectivity index (χ3n) is 1.34. The van der Waals surface area contributed by atoms with Crippen LogP contribution in [0.4, 0.5) is 4.39 Å². The van der Waals surface area contributed by atoms with Gasteiger partial charge in [0.25, 0.3) is 0 Å². The molecular formula is C7H10Cl3FN2. The monoisotopic (exact) mass is 246 g/mol. The fourth-order valence-corrected chi connectivity index (χ4v) is 1.03. The van der Waals surface area contributed by atoms with E-state index < -0.39 is 0 Å². The summed E-state index contributed by atoms with van der Waals surface area (Å²) in [4.78, 5) is 0. The summed E-state index contributed by atoms with van der Waals surface area (Å²) in [6.45, 7) is 0.242. The zero-order valence-electron chi connectivity index (χ0n) is 6.59. The lowest BCUT2D eigenvalue weighted by Gasteiger charge is -2.03. The highest BCUT2D eigenvalue weighted by Gasteiger charge is 2.04. The van der Waals surface area contributed by atoms with Crippen molar-refractivity contribution in [2.75, 3.05) is 0 Å². The molecule has 1 rings (SSSR count). The third kappa shape index (κ3) is 4.11. The Hall–Kier alpha value is -0.0600. The molecule has 0 aliphatic heterocycles. The van der Waals surface area contributed by atoms with Crippen LogP contribution in [-0.4, -0.2) is 0 Å². The molecule has 0 spiro atoms. The lowest BCUT2D eigenvalue weighted by Crippen LogP contribution is -2.21. The first kappa shape index (κ1) is 15.4. The van der Waals surface area contributed by atoms with Gasteiger partial charge in [-0.05, 0) is 12.1 Å². The van der Waals surface area contributed by atoms with Crippen LogP contribution in [0.2, 0.25) is 5.02 Å². The summed E-state index contributed by atoms with van der Waals surface area (Å²) in [6, 6.07) is 4.52. The van der Waals surface area contributed by atoms with E-state index in [0.717, 1.165) is 0 Å². The first-order valence-electron chi connectivity index (χ1n) is 3.12. The maximum Gasteiger partial charge on any atom is 0.129 e. The Balaban J connectivity index is 0. The van der Waals surface area contributed by atoms with Gasteiger partial charge in [0.05, 0.1) is 0 Å². The van der Waals surface area contributed by atoms with Gasteiger partial charge in [-0.1, -0.05) is 17.7 Å². The van der Waals surface area contributed by atoms with E-state index in [1.54, 1.807) is 12.1 Å². The van der Waals surface area contributed by atoms with E-state index in [9.17, 15) is 4.39 Å². The molecule has 0 aliphatic carbocycles. The largest absolute Gasteiger partial charge is 0.271 e. The van der Waals surface area contributed by atoms with Crippen LogP contribution in [0.5, 0.6) is 0 Å². The van der Waals surface area contributed by atoms with Gasteiger partial charge in [0.15, 0.2) is 0 Å². The van der Waals surface area contributed by atoms with E-state index in [1.165, 1.54) is 6.07 Å². The number of nitrogens with two attached hydrogens (primary N) is 1. The Morgan fingerprint density at radius 1 is 1.38 bits per heavy atom. The average molecular weight is 248 g/mol. The second-order valence-electron chi connectivity index (χ2n) is 2.08. The molecule has 3 N–H and O–H groups in total.